The third kappa shape index (κ3) is 2.82. The fourth-order valence-electron chi connectivity index (χ4n) is 2.52. The highest BCUT2D eigenvalue weighted by Crippen LogP contribution is 2.31. The quantitative estimate of drug-likeness (QED) is 0.756. The average molecular weight is 300 g/mol. The van der Waals surface area contributed by atoms with Crippen LogP contribution in [0.2, 0.25) is 0 Å². The van der Waals surface area contributed by atoms with Gasteiger partial charge in [0.25, 0.3) is 0 Å². The number of anilines is 1. The molecule has 1 saturated heterocycles. The lowest BCUT2D eigenvalue weighted by Crippen LogP contribution is -2.22. The van der Waals surface area contributed by atoms with E-state index in [1.807, 2.05) is 6.07 Å². The van der Waals surface area contributed by atoms with Gasteiger partial charge in [-0.15, -0.1) is 0 Å². The third-order valence-electron chi connectivity index (χ3n) is 3.69. The van der Waals surface area contributed by atoms with Crippen LogP contribution < -0.4 is 4.90 Å². The Morgan fingerprint density at radius 2 is 2.24 bits per heavy atom. The van der Waals surface area contributed by atoms with Crippen molar-refractivity contribution in [1.82, 2.24) is 0 Å². The molecule has 0 aliphatic carbocycles. The zero-order valence-corrected chi connectivity index (χ0v) is 12.0. The first-order valence-electron chi connectivity index (χ1n) is 6.21. The van der Waals surface area contributed by atoms with Gasteiger partial charge in [0.05, 0.1) is 0 Å². The van der Waals surface area contributed by atoms with Gasteiger partial charge in [0.1, 0.15) is 5.82 Å². The molecule has 1 aliphatic heterocycles. The van der Waals surface area contributed by atoms with Gasteiger partial charge in [-0.05, 0) is 42.0 Å². The van der Waals surface area contributed by atoms with Gasteiger partial charge in [-0.2, -0.15) is 0 Å². The molecule has 1 heterocycles. The average Bonchev–Trinajstić information content (AvgIpc) is 2.78. The smallest absolute Gasteiger partial charge is 0.123 e. The number of benzene rings is 1. The van der Waals surface area contributed by atoms with Crippen LogP contribution in [0.25, 0.3) is 0 Å². The van der Waals surface area contributed by atoms with E-state index in [4.69, 9.17) is 0 Å². The topological polar surface area (TPSA) is 3.24 Å². The second-order valence-electron chi connectivity index (χ2n) is 5.15. The lowest BCUT2D eigenvalue weighted by Gasteiger charge is -2.22. The number of halogens is 2. The van der Waals surface area contributed by atoms with E-state index < -0.39 is 0 Å². The molecule has 0 bridgehead atoms. The molecule has 1 atom stereocenters. The van der Waals surface area contributed by atoms with Crippen LogP contribution in [-0.2, 0) is 5.33 Å². The van der Waals surface area contributed by atoms with Gasteiger partial charge in [0.15, 0.2) is 0 Å². The molecule has 94 valence electrons. The summed E-state index contributed by atoms with van der Waals surface area (Å²) < 4.78 is 13.2. The molecule has 0 spiro atoms. The maximum atomic E-state index is 13.2. The summed E-state index contributed by atoms with van der Waals surface area (Å²) in [4.78, 5) is 2.39. The highest BCUT2D eigenvalue weighted by molar-refractivity contribution is 9.08. The van der Waals surface area contributed by atoms with Crippen molar-refractivity contribution in [2.24, 2.45) is 11.8 Å². The minimum Gasteiger partial charge on any atom is -0.371 e. The van der Waals surface area contributed by atoms with Crippen LogP contribution >= 0.6 is 15.9 Å². The lowest BCUT2D eigenvalue weighted by molar-refractivity contribution is 0.422. The summed E-state index contributed by atoms with van der Waals surface area (Å²) in [5, 5.41) is 0.711. The summed E-state index contributed by atoms with van der Waals surface area (Å²) in [6.07, 6.45) is 1.25. The van der Waals surface area contributed by atoms with Gasteiger partial charge in [0, 0.05) is 24.1 Å². The second kappa shape index (κ2) is 5.38. The molecule has 0 N–H and O–H groups in total. The Morgan fingerprint density at radius 1 is 1.47 bits per heavy atom. The number of rotatable bonds is 3. The van der Waals surface area contributed by atoms with E-state index in [2.05, 4.69) is 34.7 Å². The van der Waals surface area contributed by atoms with E-state index in [1.165, 1.54) is 12.1 Å². The molecule has 1 nitrogen and oxygen atoms in total. The Morgan fingerprint density at radius 3 is 2.82 bits per heavy atom. The van der Waals surface area contributed by atoms with Crippen LogP contribution in [0.3, 0.4) is 0 Å². The highest BCUT2D eigenvalue weighted by atomic mass is 79.9. The van der Waals surface area contributed by atoms with Crippen LogP contribution in [0, 0.1) is 17.7 Å². The number of alkyl halides is 1. The van der Waals surface area contributed by atoms with Gasteiger partial charge in [-0.3, -0.25) is 0 Å². The SMILES string of the molecule is CC(C)C1CCN(c2ccc(F)cc2CBr)C1. The van der Waals surface area contributed by atoms with Crippen molar-refractivity contribution >= 4 is 21.6 Å². The molecule has 1 aromatic carbocycles. The summed E-state index contributed by atoms with van der Waals surface area (Å²) in [7, 11) is 0. The zero-order chi connectivity index (χ0) is 12.4. The monoisotopic (exact) mass is 299 g/mol. The van der Waals surface area contributed by atoms with Crippen molar-refractivity contribution in [3.05, 3.63) is 29.6 Å². The van der Waals surface area contributed by atoms with Crippen LogP contribution in [0.15, 0.2) is 18.2 Å². The number of hydrogen-bond donors (Lipinski definition) is 0. The standard InChI is InChI=1S/C14H19BrFN/c1-10(2)11-5-6-17(9-11)14-4-3-13(16)7-12(14)8-15/h3-4,7,10-11H,5-6,8-9H2,1-2H3. The lowest BCUT2D eigenvalue weighted by atomic mass is 9.95. The Balaban J connectivity index is 2.18. The Labute approximate surface area is 111 Å². The molecule has 0 aromatic heterocycles. The van der Waals surface area contributed by atoms with E-state index in [9.17, 15) is 4.39 Å². The predicted molar refractivity (Wildman–Crippen MR) is 74.2 cm³/mol. The molecule has 1 aromatic rings. The molecule has 1 unspecified atom stereocenters. The van der Waals surface area contributed by atoms with Gasteiger partial charge in [0.2, 0.25) is 0 Å². The Kier molecular flexibility index (Phi) is 4.08. The first-order valence-corrected chi connectivity index (χ1v) is 7.33. The Hall–Kier alpha value is -0.570. The van der Waals surface area contributed by atoms with Crippen molar-refractivity contribution < 1.29 is 4.39 Å². The molecule has 1 aliphatic rings. The van der Waals surface area contributed by atoms with Crippen LogP contribution in [-0.4, -0.2) is 13.1 Å². The summed E-state index contributed by atoms with van der Waals surface area (Å²) >= 11 is 3.44. The third-order valence-corrected chi connectivity index (χ3v) is 4.30. The van der Waals surface area contributed by atoms with Crippen LogP contribution in [0.1, 0.15) is 25.8 Å². The molecule has 0 saturated carbocycles. The molecular formula is C14H19BrFN. The molecule has 1 fully saturated rings. The molecule has 0 radical (unpaired) electrons. The fraction of sp³-hybridized carbons (Fsp3) is 0.571. The van der Waals surface area contributed by atoms with Crippen molar-refractivity contribution in [3.63, 3.8) is 0 Å². The van der Waals surface area contributed by atoms with E-state index >= 15 is 0 Å². The van der Waals surface area contributed by atoms with Crippen LogP contribution in [0.5, 0.6) is 0 Å². The van der Waals surface area contributed by atoms with E-state index in [1.54, 1.807) is 12.1 Å². The molecular weight excluding hydrogens is 281 g/mol. The maximum absolute atomic E-state index is 13.2. The summed E-state index contributed by atoms with van der Waals surface area (Å²) in [5.74, 6) is 1.35. The number of nitrogens with zero attached hydrogens (tertiary/aromatic N) is 1. The van der Waals surface area contributed by atoms with Crippen LogP contribution in [0.4, 0.5) is 10.1 Å². The second-order valence-corrected chi connectivity index (χ2v) is 5.71. The first kappa shape index (κ1) is 12.9. The molecule has 3 heteroatoms. The minimum atomic E-state index is -0.150. The van der Waals surface area contributed by atoms with E-state index in [-0.39, 0.29) is 5.82 Å². The van der Waals surface area contributed by atoms with Crippen molar-refractivity contribution in [3.8, 4) is 0 Å². The Bertz CT molecular complexity index is 392. The maximum Gasteiger partial charge on any atom is 0.123 e. The van der Waals surface area contributed by atoms with E-state index in [0.29, 0.717) is 5.33 Å². The van der Waals surface area contributed by atoms with Gasteiger partial charge in [-0.25, -0.2) is 4.39 Å². The number of hydrogen-bond acceptors (Lipinski definition) is 1. The minimum absolute atomic E-state index is 0.150. The predicted octanol–water partition coefficient (Wildman–Crippen LogP) is 4.20. The zero-order valence-electron chi connectivity index (χ0n) is 10.4. The van der Waals surface area contributed by atoms with Crippen molar-refractivity contribution in [2.45, 2.75) is 25.6 Å². The largest absolute Gasteiger partial charge is 0.371 e. The van der Waals surface area contributed by atoms with Crippen molar-refractivity contribution in [1.29, 1.82) is 0 Å². The summed E-state index contributed by atoms with van der Waals surface area (Å²) in [6, 6.07) is 5.10. The van der Waals surface area contributed by atoms with Crippen molar-refractivity contribution in [2.75, 3.05) is 18.0 Å². The van der Waals surface area contributed by atoms with E-state index in [0.717, 1.165) is 30.5 Å². The highest BCUT2D eigenvalue weighted by Gasteiger charge is 2.26. The first-order chi connectivity index (χ1) is 8.11. The fourth-order valence-corrected chi connectivity index (χ4v) is 2.97. The van der Waals surface area contributed by atoms with Gasteiger partial charge < -0.3 is 4.90 Å². The normalized spacial score (nSPS) is 20.3. The molecule has 17 heavy (non-hydrogen) atoms. The van der Waals surface area contributed by atoms with Gasteiger partial charge >= 0.3 is 0 Å². The molecule has 2 rings (SSSR count). The summed E-state index contributed by atoms with van der Waals surface area (Å²) in [5.41, 5.74) is 2.24. The van der Waals surface area contributed by atoms with Gasteiger partial charge in [-0.1, -0.05) is 29.8 Å². The molecule has 0 amide bonds. The summed E-state index contributed by atoms with van der Waals surface area (Å²) in [6.45, 7) is 6.76.